The summed E-state index contributed by atoms with van der Waals surface area (Å²) in [4.78, 5) is 25.4. The first-order chi connectivity index (χ1) is 12.0. The summed E-state index contributed by atoms with van der Waals surface area (Å²) < 4.78 is 5.71. The first kappa shape index (κ1) is 20.2. The molecule has 0 saturated carbocycles. The van der Waals surface area contributed by atoms with Crippen LogP contribution in [0, 0.1) is 6.92 Å². The maximum atomic E-state index is 12.4. The zero-order valence-electron chi connectivity index (χ0n) is 16.5. The highest BCUT2D eigenvalue weighted by atomic mass is 16.5. The molecule has 0 aliphatic carbocycles. The first-order valence-corrected chi connectivity index (χ1v) is 9.04. The van der Waals surface area contributed by atoms with E-state index in [0.29, 0.717) is 12.2 Å². The summed E-state index contributed by atoms with van der Waals surface area (Å²) in [5, 5.41) is 12.9. The average molecular weight is 362 g/mol. The molecule has 1 aromatic rings. The van der Waals surface area contributed by atoms with Crippen LogP contribution >= 0.6 is 0 Å². The SMILES string of the molecule is CC[C@]1(C)NC(=O)N(C[C@H](O)COc2ccc(C(C)(C)C)cc2C)C1=O. The number of aliphatic hydroxyl groups is 1. The second-order valence-corrected chi connectivity index (χ2v) is 8.23. The number of hydrogen-bond acceptors (Lipinski definition) is 4. The number of β-amino-alcohol motifs (C(OH)–C–C–N with tert-alkyl or cyclic N) is 1. The number of hydrogen-bond donors (Lipinski definition) is 2. The van der Waals surface area contributed by atoms with Gasteiger partial charge in [0.2, 0.25) is 0 Å². The summed E-state index contributed by atoms with van der Waals surface area (Å²) in [5.41, 5.74) is 1.36. The van der Waals surface area contributed by atoms with Gasteiger partial charge >= 0.3 is 6.03 Å². The lowest BCUT2D eigenvalue weighted by atomic mass is 9.86. The molecule has 2 atom stereocenters. The molecule has 1 aliphatic rings. The van der Waals surface area contributed by atoms with Crippen LogP contribution in [-0.2, 0) is 10.2 Å². The van der Waals surface area contributed by atoms with E-state index in [1.54, 1.807) is 6.92 Å². The Kier molecular flexibility index (Phi) is 5.66. The van der Waals surface area contributed by atoms with Crippen LogP contribution in [0.25, 0.3) is 0 Å². The van der Waals surface area contributed by atoms with Crippen LogP contribution in [-0.4, -0.2) is 46.7 Å². The van der Waals surface area contributed by atoms with Crippen molar-refractivity contribution < 1.29 is 19.4 Å². The van der Waals surface area contributed by atoms with E-state index >= 15 is 0 Å². The number of carbonyl (C=O) groups excluding carboxylic acids is 2. The van der Waals surface area contributed by atoms with Crippen LogP contribution in [0.15, 0.2) is 18.2 Å². The molecule has 144 valence electrons. The number of urea groups is 1. The van der Waals surface area contributed by atoms with Gasteiger partial charge < -0.3 is 15.2 Å². The van der Waals surface area contributed by atoms with Crippen molar-refractivity contribution in [3.05, 3.63) is 29.3 Å². The van der Waals surface area contributed by atoms with Gasteiger partial charge in [-0.05, 0) is 42.9 Å². The van der Waals surface area contributed by atoms with Crippen LogP contribution in [0.4, 0.5) is 4.79 Å². The summed E-state index contributed by atoms with van der Waals surface area (Å²) in [6.07, 6.45) is -0.453. The van der Waals surface area contributed by atoms with Gasteiger partial charge in [0.1, 0.15) is 24.0 Å². The molecular formula is C20H30N2O4. The van der Waals surface area contributed by atoms with Crippen LogP contribution in [0.3, 0.4) is 0 Å². The fourth-order valence-electron chi connectivity index (χ4n) is 2.88. The van der Waals surface area contributed by atoms with Gasteiger partial charge in [-0.15, -0.1) is 0 Å². The minimum Gasteiger partial charge on any atom is -0.491 e. The van der Waals surface area contributed by atoms with E-state index in [4.69, 9.17) is 4.74 Å². The van der Waals surface area contributed by atoms with E-state index in [1.807, 2.05) is 26.0 Å². The Balaban J connectivity index is 1.96. The summed E-state index contributed by atoms with van der Waals surface area (Å²) in [7, 11) is 0. The van der Waals surface area contributed by atoms with Gasteiger partial charge in [-0.3, -0.25) is 9.69 Å². The van der Waals surface area contributed by atoms with Gasteiger partial charge in [0, 0.05) is 0 Å². The zero-order valence-corrected chi connectivity index (χ0v) is 16.5. The molecule has 3 amide bonds. The predicted molar refractivity (Wildman–Crippen MR) is 100 cm³/mol. The topological polar surface area (TPSA) is 78.9 Å². The van der Waals surface area contributed by atoms with Crippen molar-refractivity contribution in [1.82, 2.24) is 10.2 Å². The number of imide groups is 1. The monoisotopic (exact) mass is 362 g/mol. The number of aliphatic hydroxyl groups excluding tert-OH is 1. The number of benzene rings is 1. The van der Waals surface area contributed by atoms with E-state index < -0.39 is 17.7 Å². The molecule has 0 bridgehead atoms. The molecule has 1 heterocycles. The number of nitrogens with one attached hydrogen (secondary N) is 1. The van der Waals surface area contributed by atoms with Crippen molar-refractivity contribution in [2.24, 2.45) is 0 Å². The second-order valence-electron chi connectivity index (χ2n) is 8.23. The highest BCUT2D eigenvalue weighted by Gasteiger charge is 2.46. The lowest BCUT2D eigenvalue weighted by molar-refractivity contribution is -0.132. The molecule has 1 saturated heterocycles. The van der Waals surface area contributed by atoms with Gasteiger partial charge in [0.25, 0.3) is 5.91 Å². The van der Waals surface area contributed by atoms with Crippen molar-refractivity contribution in [3.8, 4) is 5.75 Å². The van der Waals surface area contributed by atoms with Gasteiger partial charge in [0.05, 0.1) is 6.54 Å². The number of nitrogens with zero attached hydrogens (tertiary/aromatic N) is 1. The lowest BCUT2D eigenvalue weighted by Gasteiger charge is -2.22. The molecule has 0 aromatic heterocycles. The minimum absolute atomic E-state index is 0.00953. The average Bonchev–Trinajstić information content (AvgIpc) is 2.76. The number of aryl methyl sites for hydroxylation is 1. The molecule has 1 aromatic carbocycles. The van der Waals surface area contributed by atoms with E-state index in [1.165, 1.54) is 5.56 Å². The molecule has 1 aliphatic heterocycles. The maximum Gasteiger partial charge on any atom is 0.325 e. The van der Waals surface area contributed by atoms with Crippen LogP contribution in [0.2, 0.25) is 0 Å². The first-order valence-electron chi connectivity index (χ1n) is 9.04. The Hall–Kier alpha value is -2.08. The minimum atomic E-state index is -0.953. The zero-order chi connectivity index (χ0) is 19.7. The number of amides is 3. The fraction of sp³-hybridized carbons (Fsp3) is 0.600. The van der Waals surface area contributed by atoms with Crippen molar-refractivity contribution in [1.29, 1.82) is 0 Å². The van der Waals surface area contributed by atoms with Gasteiger partial charge in [0.15, 0.2) is 0 Å². The van der Waals surface area contributed by atoms with Gasteiger partial charge in [-0.2, -0.15) is 0 Å². The highest BCUT2D eigenvalue weighted by molar-refractivity contribution is 6.06. The number of carbonyl (C=O) groups is 2. The van der Waals surface area contributed by atoms with E-state index in [0.717, 1.165) is 10.5 Å². The maximum absolute atomic E-state index is 12.4. The van der Waals surface area contributed by atoms with Gasteiger partial charge in [-0.1, -0.05) is 39.8 Å². The summed E-state index contributed by atoms with van der Waals surface area (Å²) in [5.74, 6) is 0.377. The Labute approximate surface area is 155 Å². The second kappa shape index (κ2) is 7.27. The summed E-state index contributed by atoms with van der Waals surface area (Å²) in [6.45, 7) is 11.9. The summed E-state index contributed by atoms with van der Waals surface area (Å²) in [6, 6.07) is 5.51. The molecule has 6 nitrogen and oxygen atoms in total. The predicted octanol–water partition coefficient (Wildman–Crippen LogP) is 2.75. The normalized spacial score (nSPS) is 21.7. The van der Waals surface area contributed by atoms with Crippen molar-refractivity contribution in [2.45, 2.75) is 65.0 Å². The highest BCUT2D eigenvalue weighted by Crippen LogP contribution is 2.27. The van der Waals surface area contributed by atoms with Crippen LogP contribution in [0.5, 0.6) is 5.75 Å². The van der Waals surface area contributed by atoms with E-state index in [-0.39, 0.29) is 24.5 Å². The lowest BCUT2D eigenvalue weighted by Crippen LogP contribution is -2.44. The molecule has 26 heavy (non-hydrogen) atoms. The smallest absolute Gasteiger partial charge is 0.325 e. The van der Waals surface area contributed by atoms with E-state index in [2.05, 4.69) is 32.2 Å². The fourth-order valence-corrected chi connectivity index (χ4v) is 2.88. The van der Waals surface area contributed by atoms with Crippen molar-refractivity contribution in [2.75, 3.05) is 13.2 Å². The van der Waals surface area contributed by atoms with E-state index in [9.17, 15) is 14.7 Å². The number of rotatable bonds is 6. The molecule has 0 radical (unpaired) electrons. The van der Waals surface area contributed by atoms with Crippen molar-refractivity contribution >= 4 is 11.9 Å². The molecule has 0 spiro atoms. The summed E-state index contributed by atoms with van der Waals surface area (Å²) >= 11 is 0. The van der Waals surface area contributed by atoms with Gasteiger partial charge in [-0.25, -0.2) is 4.79 Å². The number of ether oxygens (including phenoxy) is 1. The Morgan fingerprint density at radius 1 is 1.31 bits per heavy atom. The molecule has 6 heteroatoms. The van der Waals surface area contributed by atoms with Crippen molar-refractivity contribution in [3.63, 3.8) is 0 Å². The standard InChI is InChI=1S/C20H30N2O4/c1-7-20(6)17(24)22(18(25)21-20)11-15(23)12-26-16-9-8-14(10-13(16)2)19(3,4)5/h8-10,15,23H,7,11-12H2,1-6H3,(H,21,25)/t15-,20-/m0/s1. The molecular weight excluding hydrogens is 332 g/mol. The third kappa shape index (κ3) is 4.18. The Morgan fingerprint density at radius 3 is 2.46 bits per heavy atom. The molecule has 1 fully saturated rings. The largest absolute Gasteiger partial charge is 0.491 e. The molecule has 2 rings (SSSR count). The van der Waals surface area contributed by atoms with Crippen LogP contribution in [0.1, 0.15) is 52.2 Å². The molecule has 0 unspecified atom stereocenters. The Bertz CT molecular complexity index is 696. The quantitative estimate of drug-likeness (QED) is 0.763. The molecule has 2 N–H and O–H groups in total. The third-order valence-corrected chi connectivity index (χ3v) is 4.92. The Morgan fingerprint density at radius 2 is 1.96 bits per heavy atom. The third-order valence-electron chi connectivity index (χ3n) is 4.92. The van der Waals surface area contributed by atoms with Crippen LogP contribution < -0.4 is 10.1 Å².